The van der Waals surface area contributed by atoms with Gasteiger partial charge in [-0.1, -0.05) is 52.0 Å². The summed E-state index contributed by atoms with van der Waals surface area (Å²) in [6.45, 7) is 8.69. The highest BCUT2D eigenvalue weighted by Crippen LogP contribution is 2.41. The Hall–Kier alpha value is -1.35. The van der Waals surface area contributed by atoms with Gasteiger partial charge in [-0.15, -0.1) is 0 Å². The lowest BCUT2D eigenvalue weighted by Crippen LogP contribution is -2.45. The Kier molecular flexibility index (Phi) is 4.72. The van der Waals surface area contributed by atoms with Crippen LogP contribution in [-0.4, -0.2) is 19.1 Å². The number of hydrogen-bond acceptors (Lipinski definition) is 3. The molecule has 0 aliphatic heterocycles. The second-order valence-corrected chi connectivity index (χ2v) is 6.97. The predicted octanol–water partition coefficient (Wildman–Crippen LogP) is 3.59. The first-order valence-electron chi connectivity index (χ1n) is 7.80. The molecule has 1 aromatic rings. The largest absolute Gasteiger partial charge is 0.468 e. The summed E-state index contributed by atoms with van der Waals surface area (Å²) in [6, 6.07) is 8.55. The van der Waals surface area contributed by atoms with Gasteiger partial charge in [0.1, 0.15) is 6.04 Å². The number of carbonyl (C=O) groups is 1. The standard InChI is InChI=1S/C18H27NO2/c1-12(2)16(17(20)21-5)19-15-10-11-18(3,4)14-9-7-6-8-13(14)15/h6-9,12,15-16,19H,10-11H2,1-5H3/t15?,16-/m0/s1. The van der Waals surface area contributed by atoms with E-state index in [4.69, 9.17) is 4.74 Å². The first-order valence-corrected chi connectivity index (χ1v) is 7.80. The molecule has 21 heavy (non-hydrogen) atoms. The van der Waals surface area contributed by atoms with Crippen LogP contribution in [0.25, 0.3) is 0 Å². The van der Waals surface area contributed by atoms with Gasteiger partial charge in [0, 0.05) is 6.04 Å². The van der Waals surface area contributed by atoms with Crippen LogP contribution in [0.15, 0.2) is 24.3 Å². The number of ether oxygens (including phenoxy) is 1. The van der Waals surface area contributed by atoms with Gasteiger partial charge in [-0.25, -0.2) is 0 Å². The van der Waals surface area contributed by atoms with Crippen molar-refractivity contribution in [3.8, 4) is 0 Å². The molecule has 0 fully saturated rings. The Morgan fingerprint density at radius 3 is 2.62 bits per heavy atom. The van der Waals surface area contributed by atoms with Crippen LogP contribution in [0.5, 0.6) is 0 Å². The third kappa shape index (κ3) is 3.29. The van der Waals surface area contributed by atoms with E-state index in [0.717, 1.165) is 12.8 Å². The summed E-state index contributed by atoms with van der Waals surface area (Å²) in [6.07, 6.45) is 2.16. The van der Waals surface area contributed by atoms with Gasteiger partial charge in [-0.2, -0.15) is 0 Å². The van der Waals surface area contributed by atoms with Crippen molar-refractivity contribution in [2.24, 2.45) is 5.92 Å². The average Bonchev–Trinajstić information content (AvgIpc) is 2.45. The maximum atomic E-state index is 12.0. The summed E-state index contributed by atoms with van der Waals surface area (Å²) in [5, 5.41) is 3.53. The SMILES string of the molecule is COC(=O)[C@@H](NC1CCC(C)(C)c2ccccc21)C(C)C. The lowest BCUT2D eigenvalue weighted by atomic mass is 9.71. The quantitative estimate of drug-likeness (QED) is 0.861. The number of nitrogens with one attached hydrogen (secondary N) is 1. The van der Waals surface area contributed by atoms with E-state index >= 15 is 0 Å². The van der Waals surface area contributed by atoms with Gasteiger partial charge in [-0.05, 0) is 35.3 Å². The molecule has 0 heterocycles. The van der Waals surface area contributed by atoms with Gasteiger partial charge in [0.25, 0.3) is 0 Å². The molecule has 116 valence electrons. The minimum Gasteiger partial charge on any atom is -0.468 e. The van der Waals surface area contributed by atoms with Crippen molar-refractivity contribution >= 4 is 5.97 Å². The summed E-state index contributed by atoms with van der Waals surface area (Å²) in [7, 11) is 1.46. The molecule has 0 spiro atoms. The van der Waals surface area contributed by atoms with Crippen LogP contribution in [0.2, 0.25) is 0 Å². The van der Waals surface area contributed by atoms with Crippen molar-refractivity contribution in [2.75, 3.05) is 7.11 Å². The number of methoxy groups -OCH3 is 1. The molecule has 2 atom stereocenters. The average molecular weight is 289 g/mol. The van der Waals surface area contributed by atoms with Gasteiger partial charge in [0.05, 0.1) is 7.11 Å². The molecule has 2 rings (SSSR count). The highest BCUT2D eigenvalue weighted by Gasteiger charge is 2.35. The third-order valence-corrected chi connectivity index (χ3v) is 4.63. The minimum absolute atomic E-state index is 0.174. The van der Waals surface area contributed by atoms with E-state index < -0.39 is 0 Å². The number of fused-ring (bicyclic) bond motifs is 1. The molecule has 3 heteroatoms. The van der Waals surface area contributed by atoms with E-state index in [2.05, 4.69) is 43.4 Å². The summed E-state index contributed by atoms with van der Waals surface area (Å²) in [5.74, 6) is 0.0341. The van der Waals surface area contributed by atoms with E-state index in [0.29, 0.717) is 0 Å². The number of hydrogen-bond donors (Lipinski definition) is 1. The molecule has 1 unspecified atom stereocenters. The highest BCUT2D eigenvalue weighted by molar-refractivity contribution is 5.76. The first-order chi connectivity index (χ1) is 9.86. The Morgan fingerprint density at radius 1 is 1.33 bits per heavy atom. The number of esters is 1. The van der Waals surface area contributed by atoms with Crippen LogP contribution < -0.4 is 5.32 Å². The van der Waals surface area contributed by atoms with Crippen molar-refractivity contribution in [2.45, 2.75) is 58.0 Å². The normalized spacial score (nSPS) is 21.7. The summed E-state index contributed by atoms with van der Waals surface area (Å²) in [5.41, 5.74) is 2.91. The molecule has 0 saturated heterocycles. The Labute approximate surface area is 128 Å². The zero-order valence-corrected chi connectivity index (χ0v) is 13.8. The van der Waals surface area contributed by atoms with Crippen LogP contribution in [-0.2, 0) is 14.9 Å². The minimum atomic E-state index is -0.255. The topological polar surface area (TPSA) is 38.3 Å². The molecular weight excluding hydrogens is 262 g/mol. The Morgan fingerprint density at radius 2 is 2.00 bits per heavy atom. The molecule has 0 bridgehead atoms. The maximum absolute atomic E-state index is 12.0. The number of rotatable bonds is 4. The van der Waals surface area contributed by atoms with E-state index in [9.17, 15) is 4.79 Å². The van der Waals surface area contributed by atoms with Gasteiger partial charge in [0.2, 0.25) is 0 Å². The van der Waals surface area contributed by atoms with Gasteiger partial charge in [-0.3, -0.25) is 10.1 Å². The van der Waals surface area contributed by atoms with E-state index in [1.54, 1.807) is 0 Å². The lowest BCUT2D eigenvalue weighted by Gasteiger charge is -2.39. The second-order valence-electron chi connectivity index (χ2n) is 6.97. The molecular formula is C18H27NO2. The number of carbonyl (C=O) groups excluding carboxylic acids is 1. The molecule has 1 aliphatic carbocycles. The number of benzene rings is 1. The van der Waals surface area contributed by atoms with Crippen LogP contribution in [0.4, 0.5) is 0 Å². The fourth-order valence-corrected chi connectivity index (χ4v) is 3.26. The molecule has 3 nitrogen and oxygen atoms in total. The molecule has 0 radical (unpaired) electrons. The van der Waals surface area contributed by atoms with Crippen molar-refractivity contribution in [3.05, 3.63) is 35.4 Å². The monoisotopic (exact) mass is 289 g/mol. The van der Waals surface area contributed by atoms with Crippen molar-refractivity contribution in [1.82, 2.24) is 5.32 Å². The van der Waals surface area contributed by atoms with Crippen LogP contribution in [0.3, 0.4) is 0 Å². The first kappa shape index (κ1) is 16.0. The third-order valence-electron chi connectivity index (χ3n) is 4.63. The fourth-order valence-electron chi connectivity index (χ4n) is 3.26. The predicted molar refractivity (Wildman–Crippen MR) is 85.2 cm³/mol. The van der Waals surface area contributed by atoms with E-state index in [-0.39, 0.29) is 29.4 Å². The molecule has 0 saturated carbocycles. The zero-order valence-electron chi connectivity index (χ0n) is 13.8. The van der Waals surface area contributed by atoms with Crippen LogP contribution in [0.1, 0.15) is 57.7 Å². The Balaban J connectivity index is 2.27. The molecule has 1 N–H and O–H groups in total. The van der Waals surface area contributed by atoms with Gasteiger partial charge in [0.15, 0.2) is 0 Å². The molecule has 0 amide bonds. The van der Waals surface area contributed by atoms with Gasteiger partial charge < -0.3 is 4.74 Å². The fraction of sp³-hybridized carbons (Fsp3) is 0.611. The zero-order chi connectivity index (χ0) is 15.6. The maximum Gasteiger partial charge on any atom is 0.323 e. The smallest absolute Gasteiger partial charge is 0.323 e. The Bertz CT molecular complexity index is 508. The molecule has 0 aromatic heterocycles. The second kappa shape index (κ2) is 6.18. The molecule has 1 aromatic carbocycles. The molecule has 1 aliphatic rings. The van der Waals surface area contributed by atoms with Crippen LogP contribution in [0, 0.1) is 5.92 Å². The summed E-state index contributed by atoms with van der Waals surface area (Å²) < 4.78 is 4.94. The summed E-state index contributed by atoms with van der Waals surface area (Å²) >= 11 is 0. The van der Waals surface area contributed by atoms with Crippen LogP contribution >= 0.6 is 0 Å². The van der Waals surface area contributed by atoms with Crippen molar-refractivity contribution in [3.63, 3.8) is 0 Å². The van der Waals surface area contributed by atoms with E-state index in [1.165, 1.54) is 18.2 Å². The highest BCUT2D eigenvalue weighted by atomic mass is 16.5. The van der Waals surface area contributed by atoms with Crippen molar-refractivity contribution in [1.29, 1.82) is 0 Å². The van der Waals surface area contributed by atoms with Crippen molar-refractivity contribution < 1.29 is 9.53 Å². The summed E-state index contributed by atoms with van der Waals surface area (Å²) in [4.78, 5) is 12.0. The van der Waals surface area contributed by atoms with E-state index in [1.807, 2.05) is 13.8 Å². The van der Waals surface area contributed by atoms with Gasteiger partial charge >= 0.3 is 5.97 Å². The lowest BCUT2D eigenvalue weighted by molar-refractivity contribution is -0.144.